The molecule has 0 aromatic heterocycles. The van der Waals surface area contributed by atoms with Crippen LogP contribution in [0, 0.1) is 3.57 Å². The summed E-state index contributed by atoms with van der Waals surface area (Å²) in [5.74, 6) is -0.124. The van der Waals surface area contributed by atoms with Crippen LogP contribution in [-0.4, -0.2) is 23.7 Å². The lowest BCUT2D eigenvalue weighted by molar-refractivity contribution is 0.0914. The van der Waals surface area contributed by atoms with Crippen molar-refractivity contribution in [3.05, 3.63) is 33.4 Å². The predicted octanol–water partition coefficient (Wildman–Crippen LogP) is 1.79. The summed E-state index contributed by atoms with van der Waals surface area (Å²) in [5.41, 5.74) is 0.657. The molecule has 82 valence electrons. The number of nitrogens with one attached hydrogen (secondary N) is 1. The molecule has 0 bridgehead atoms. The first-order valence-corrected chi connectivity index (χ1v) is 5.93. The van der Waals surface area contributed by atoms with Gasteiger partial charge in [-0.05, 0) is 41.1 Å². The number of hydrogen-bond acceptors (Lipinski definition) is 2. The molecule has 0 aliphatic rings. The largest absolute Gasteiger partial charge is 0.394 e. The quantitative estimate of drug-likeness (QED) is 0.832. The van der Waals surface area contributed by atoms with Crippen LogP contribution in [0.4, 0.5) is 0 Å². The summed E-state index contributed by atoms with van der Waals surface area (Å²) >= 11 is 2.12. The monoisotopic (exact) mass is 319 g/mol. The fraction of sp³-hybridized carbons (Fsp3) is 0.364. The Morgan fingerprint density at radius 1 is 1.53 bits per heavy atom. The van der Waals surface area contributed by atoms with Crippen molar-refractivity contribution in [3.63, 3.8) is 0 Å². The molecular weight excluding hydrogens is 305 g/mol. The average Bonchev–Trinajstić information content (AvgIpc) is 2.26. The van der Waals surface area contributed by atoms with Gasteiger partial charge in [0.2, 0.25) is 0 Å². The second-order valence-electron chi connectivity index (χ2n) is 3.24. The van der Waals surface area contributed by atoms with Crippen LogP contribution in [0.15, 0.2) is 24.3 Å². The van der Waals surface area contributed by atoms with Crippen molar-refractivity contribution in [2.45, 2.75) is 19.4 Å². The van der Waals surface area contributed by atoms with E-state index in [2.05, 4.69) is 27.9 Å². The van der Waals surface area contributed by atoms with Gasteiger partial charge in [0.25, 0.3) is 5.91 Å². The van der Waals surface area contributed by atoms with Crippen molar-refractivity contribution in [2.75, 3.05) is 6.61 Å². The molecule has 3 nitrogen and oxygen atoms in total. The molecule has 0 saturated heterocycles. The van der Waals surface area contributed by atoms with E-state index in [0.29, 0.717) is 5.56 Å². The van der Waals surface area contributed by atoms with Crippen LogP contribution < -0.4 is 5.32 Å². The zero-order valence-corrected chi connectivity index (χ0v) is 10.7. The molecule has 0 fully saturated rings. The van der Waals surface area contributed by atoms with Crippen molar-refractivity contribution in [1.29, 1.82) is 0 Å². The van der Waals surface area contributed by atoms with E-state index in [4.69, 9.17) is 5.11 Å². The molecule has 1 atom stereocenters. The lowest BCUT2D eigenvalue weighted by atomic mass is 10.2. The third kappa shape index (κ3) is 3.46. The van der Waals surface area contributed by atoms with Crippen LogP contribution in [0.3, 0.4) is 0 Å². The number of hydrogen-bond donors (Lipinski definition) is 2. The molecule has 1 unspecified atom stereocenters. The van der Waals surface area contributed by atoms with E-state index >= 15 is 0 Å². The molecule has 1 aromatic carbocycles. The highest BCUT2D eigenvalue weighted by atomic mass is 127. The summed E-state index contributed by atoms with van der Waals surface area (Å²) in [6.45, 7) is 1.91. The van der Waals surface area contributed by atoms with Crippen molar-refractivity contribution >= 4 is 28.5 Å². The Morgan fingerprint density at radius 3 is 2.73 bits per heavy atom. The van der Waals surface area contributed by atoms with E-state index in [-0.39, 0.29) is 18.6 Å². The fourth-order valence-electron chi connectivity index (χ4n) is 1.19. The minimum atomic E-state index is -0.159. The van der Waals surface area contributed by atoms with Crippen LogP contribution in [0.25, 0.3) is 0 Å². The number of rotatable bonds is 4. The highest BCUT2D eigenvalue weighted by Gasteiger charge is 2.12. The van der Waals surface area contributed by atoms with Gasteiger partial charge < -0.3 is 10.4 Å². The summed E-state index contributed by atoms with van der Waals surface area (Å²) in [5, 5.41) is 11.8. The maximum absolute atomic E-state index is 11.8. The van der Waals surface area contributed by atoms with Crippen LogP contribution in [0.1, 0.15) is 23.7 Å². The molecule has 4 heteroatoms. The second-order valence-corrected chi connectivity index (χ2v) is 4.40. The van der Waals surface area contributed by atoms with Crippen LogP contribution >= 0.6 is 22.6 Å². The normalized spacial score (nSPS) is 12.2. The molecule has 0 radical (unpaired) electrons. The minimum absolute atomic E-state index is 0.0222. The van der Waals surface area contributed by atoms with E-state index in [1.807, 2.05) is 25.1 Å². The van der Waals surface area contributed by atoms with Crippen LogP contribution in [0.2, 0.25) is 0 Å². The molecule has 0 spiro atoms. The Morgan fingerprint density at radius 2 is 2.20 bits per heavy atom. The second kappa shape index (κ2) is 6.07. The van der Waals surface area contributed by atoms with Gasteiger partial charge in [-0.15, -0.1) is 0 Å². The SMILES string of the molecule is CCC(CO)NC(=O)c1ccccc1I. The highest BCUT2D eigenvalue weighted by Crippen LogP contribution is 2.11. The van der Waals surface area contributed by atoms with Crippen molar-refractivity contribution in [1.82, 2.24) is 5.32 Å². The smallest absolute Gasteiger partial charge is 0.252 e. The first kappa shape index (κ1) is 12.4. The topological polar surface area (TPSA) is 49.3 Å². The van der Waals surface area contributed by atoms with Gasteiger partial charge in [0, 0.05) is 3.57 Å². The van der Waals surface area contributed by atoms with Gasteiger partial charge in [-0.25, -0.2) is 0 Å². The predicted molar refractivity (Wildman–Crippen MR) is 67.8 cm³/mol. The Hall–Kier alpha value is -0.620. The highest BCUT2D eigenvalue weighted by molar-refractivity contribution is 14.1. The zero-order chi connectivity index (χ0) is 11.3. The standard InChI is InChI=1S/C11H14INO2/c1-2-8(7-14)13-11(15)9-5-3-4-6-10(9)12/h3-6,8,14H,2,7H2,1H3,(H,13,15). The molecule has 1 amide bonds. The molecule has 2 N–H and O–H groups in total. The van der Waals surface area contributed by atoms with E-state index in [1.165, 1.54) is 0 Å². The molecule has 1 aromatic rings. The third-order valence-corrected chi connectivity index (χ3v) is 3.11. The number of aliphatic hydroxyl groups is 1. The Balaban J connectivity index is 2.73. The summed E-state index contributed by atoms with van der Waals surface area (Å²) in [4.78, 5) is 11.8. The molecule has 15 heavy (non-hydrogen) atoms. The van der Waals surface area contributed by atoms with Crippen LogP contribution in [-0.2, 0) is 0 Å². The van der Waals surface area contributed by atoms with E-state index in [0.717, 1.165) is 9.99 Å². The van der Waals surface area contributed by atoms with E-state index in [1.54, 1.807) is 6.07 Å². The first-order valence-electron chi connectivity index (χ1n) is 4.85. The van der Waals surface area contributed by atoms with Gasteiger partial charge >= 0.3 is 0 Å². The molecule has 1 rings (SSSR count). The number of carbonyl (C=O) groups excluding carboxylic acids is 1. The number of carbonyl (C=O) groups is 1. The Kier molecular flexibility index (Phi) is 5.04. The van der Waals surface area contributed by atoms with E-state index < -0.39 is 0 Å². The molecule has 0 saturated carbocycles. The van der Waals surface area contributed by atoms with Gasteiger partial charge in [0.1, 0.15) is 0 Å². The Bertz CT molecular complexity index is 337. The van der Waals surface area contributed by atoms with Gasteiger partial charge in [-0.3, -0.25) is 4.79 Å². The van der Waals surface area contributed by atoms with Gasteiger partial charge in [0.05, 0.1) is 18.2 Å². The summed E-state index contributed by atoms with van der Waals surface area (Å²) < 4.78 is 0.917. The van der Waals surface area contributed by atoms with Crippen molar-refractivity contribution in [2.24, 2.45) is 0 Å². The molecular formula is C11H14INO2. The van der Waals surface area contributed by atoms with E-state index in [9.17, 15) is 4.79 Å². The summed E-state index contributed by atoms with van der Waals surface area (Å²) in [6.07, 6.45) is 0.728. The number of benzene rings is 1. The average molecular weight is 319 g/mol. The van der Waals surface area contributed by atoms with Crippen molar-refractivity contribution < 1.29 is 9.90 Å². The van der Waals surface area contributed by atoms with Gasteiger partial charge in [-0.1, -0.05) is 19.1 Å². The summed E-state index contributed by atoms with van der Waals surface area (Å²) in [7, 11) is 0. The van der Waals surface area contributed by atoms with Crippen LogP contribution in [0.5, 0.6) is 0 Å². The zero-order valence-electron chi connectivity index (χ0n) is 8.53. The summed E-state index contributed by atoms with van der Waals surface area (Å²) in [6, 6.07) is 7.23. The lowest BCUT2D eigenvalue weighted by Crippen LogP contribution is -2.37. The lowest BCUT2D eigenvalue weighted by Gasteiger charge is -2.14. The maximum Gasteiger partial charge on any atom is 0.252 e. The van der Waals surface area contributed by atoms with Gasteiger partial charge in [-0.2, -0.15) is 0 Å². The number of aliphatic hydroxyl groups excluding tert-OH is 1. The number of halogens is 1. The molecule has 0 aliphatic heterocycles. The molecule has 0 aliphatic carbocycles. The van der Waals surface area contributed by atoms with Crippen molar-refractivity contribution in [3.8, 4) is 0 Å². The third-order valence-electron chi connectivity index (χ3n) is 2.17. The van der Waals surface area contributed by atoms with Gasteiger partial charge in [0.15, 0.2) is 0 Å². The Labute approximate surface area is 103 Å². The minimum Gasteiger partial charge on any atom is -0.394 e. The fourth-order valence-corrected chi connectivity index (χ4v) is 1.82. The number of amides is 1. The maximum atomic E-state index is 11.8. The molecule has 0 heterocycles. The first-order chi connectivity index (χ1) is 7.19.